The number of carboxylic acid groups (broad SMARTS) is 1. The van der Waals surface area contributed by atoms with E-state index in [-0.39, 0.29) is 16.8 Å². The zero-order valence-electron chi connectivity index (χ0n) is 19.5. The van der Waals surface area contributed by atoms with E-state index in [1.54, 1.807) is 30.3 Å². The highest BCUT2D eigenvalue weighted by atomic mass is 16.5. The minimum Gasteiger partial charge on any atom is -0.503 e. The molecule has 4 rings (SSSR count). The summed E-state index contributed by atoms with van der Waals surface area (Å²) in [5, 5.41) is 20.3. The Bertz CT molecular complexity index is 1390. The molecule has 0 spiro atoms. The lowest BCUT2D eigenvalue weighted by molar-refractivity contribution is -0.117. The van der Waals surface area contributed by atoms with Crippen LogP contribution in [0.3, 0.4) is 0 Å². The van der Waals surface area contributed by atoms with E-state index < -0.39 is 29.5 Å². The first kappa shape index (κ1) is 24.3. The molecule has 8 nitrogen and oxygen atoms in total. The number of rotatable bonds is 8. The molecule has 0 fully saturated rings. The quantitative estimate of drug-likeness (QED) is 0.449. The first-order valence-corrected chi connectivity index (χ1v) is 10.9. The molecule has 1 aliphatic heterocycles. The van der Waals surface area contributed by atoms with E-state index in [1.807, 2.05) is 30.3 Å². The van der Waals surface area contributed by atoms with Crippen LogP contribution < -0.4 is 14.4 Å². The third kappa shape index (κ3) is 4.56. The third-order valence-electron chi connectivity index (χ3n) is 5.79. The Labute approximate surface area is 207 Å². The van der Waals surface area contributed by atoms with Gasteiger partial charge in [-0.3, -0.25) is 14.5 Å². The largest absolute Gasteiger partial charge is 0.503 e. The van der Waals surface area contributed by atoms with Gasteiger partial charge in [0.25, 0.3) is 5.91 Å². The number of anilines is 1. The highest BCUT2D eigenvalue weighted by Gasteiger charge is 2.44. The summed E-state index contributed by atoms with van der Waals surface area (Å²) in [6, 6.07) is 18.7. The van der Waals surface area contributed by atoms with Crippen LogP contribution in [0.1, 0.15) is 27.5 Å². The van der Waals surface area contributed by atoms with Crippen molar-refractivity contribution in [2.24, 2.45) is 0 Å². The first-order valence-electron chi connectivity index (χ1n) is 10.9. The second kappa shape index (κ2) is 10.2. The molecule has 1 heterocycles. The molecule has 1 amide bonds. The van der Waals surface area contributed by atoms with Gasteiger partial charge in [0.05, 0.1) is 31.4 Å². The van der Waals surface area contributed by atoms with E-state index in [0.717, 1.165) is 5.56 Å². The van der Waals surface area contributed by atoms with Crippen LogP contribution in [0.15, 0.2) is 90.2 Å². The summed E-state index contributed by atoms with van der Waals surface area (Å²) in [6.07, 6.45) is 2.88. The lowest BCUT2D eigenvalue weighted by Crippen LogP contribution is -2.31. The molecule has 3 aromatic carbocycles. The van der Waals surface area contributed by atoms with Crippen molar-refractivity contribution in [2.75, 3.05) is 19.1 Å². The molecule has 0 unspecified atom stereocenters. The Morgan fingerprint density at radius 1 is 0.917 bits per heavy atom. The second-order valence-corrected chi connectivity index (χ2v) is 7.92. The number of carboxylic acids is 1. The van der Waals surface area contributed by atoms with Crippen LogP contribution in [0.4, 0.5) is 5.69 Å². The molecular formula is C28H23NO7. The van der Waals surface area contributed by atoms with Crippen molar-refractivity contribution >= 4 is 29.4 Å². The van der Waals surface area contributed by atoms with Gasteiger partial charge in [0.2, 0.25) is 0 Å². The van der Waals surface area contributed by atoms with Crippen molar-refractivity contribution in [3.63, 3.8) is 0 Å². The Balaban J connectivity index is 1.85. The minimum atomic E-state index is -1.18. The summed E-state index contributed by atoms with van der Waals surface area (Å²) in [6.45, 7) is 0. The lowest BCUT2D eigenvalue weighted by Gasteiger charge is -2.27. The average molecular weight is 485 g/mol. The minimum absolute atomic E-state index is 0.0467. The summed E-state index contributed by atoms with van der Waals surface area (Å²) in [7, 11) is 2.94. The molecule has 0 saturated carbocycles. The maximum atomic E-state index is 13.4. The van der Waals surface area contributed by atoms with E-state index in [9.17, 15) is 24.6 Å². The van der Waals surface area contributed by atoms with Gasteiger partial charge in [0.15, 0.2) is 23.0 Å². The zero-order valence-corrected chi connectivity index (χ0v) is 19.5. The monoisotopic (exact) mass is 485 g/mol. The van der Waals surface area contributed by atoms with Crippen molar-refractivity contribution in [1.29, 1.82) is 0 Å². The maximum Gasteiger partial charge on any atom is 0.335 e. The van der Waals surface area contributed by atoms with Crippen molar-refractivity contribution < 1.29 is 34.1 Å². The van der Waals surface area contributed by atoms with Crippen molar-refractivity contribution in [1.82, 2.24) is 0 Å². The Morgan fingerprint density at radius 3 is 2.31 bits per heavy atom. The van der Waals surface area contributed by atoms with Crippen LogP contribution in [-0.2, 0) is 9.59 Å². The van der Waals surface area contributed by atoms with E-state index >= 15 is 0 Å². The normalized spacial score (nSPS) is 15.4. The van der Waals surface area contributed by atoms with Crippen LogP contribution in [-0.4, -0.2) is 42.1 Å². The number of carbonyl (C=O) groups excluding carboxylic acids is 2. The number of carbonyl (C=O) groups is 3. The number of hydrogen-bond donors (Lipinski definition) is 2. The molecule has 0 saturated heterocycles. The maximum absolute atomic E-state index is 13.4. The lowest BCUT2D eigenvalue weighted by atomic mass is 9.94. The Hall–Kier alpha value is -4.85. The van der Waals surface area contributed by atoms with Gasteiger partial charge >= 0.3 is 5.97 Å². The number of nitrogens with zero attached hydrogens (tertiary/aromatic N) is 1. The molecule has 182 valence electrons. The number of ketones is 1. The van der Waals surface area contributed by atoms with Crippen LogP contribution >= 0.6 is 0 Å². The van der Waals surface area contributed by atoms with Crippen molar-refractivity contribution in [3.05, 3.63) is 107 Å². The molecule has 0 radical (unpaired) electrons. The van der Waals surface area contributed by atoms with Gasteiger partial charge in [-0.2, -0.15) is 0 Å². The Kier molecular flexibility index (Phi) is 6.87. The number of benzene rings is 3. The van der Waals surface area contributed by atoms with Crippen LogP contribution in [0, 0.1) is 0 Å². The molecule has 36 heavy (non-hydrogen) atoms. The number of aromatic carboxylic acids is 1. The van der Waals surface area contributed by atoms with Gasteiger partial charge in [-0.15, -0.1) is 0 Å². The summed E-state index contributed by atoms with van der Waals surface area (Å²) in [5.41, 5.74) is 1.25. The van der Waals surface area contributed by atoms with Gasteiger partial charge in [0.1, 0.15) is 0 Å². The molecule has 8 heteroatoms. The van der Waals surface area contributed by atoms with Gasteiger partial charge < -0.3 is 19.7 Å². The first-order chi connectivity index (χ1) is 17.3. The van der Waals surface area contributed by atoms with E-state index in [4.69, 9.17) is 9.47 Å². The van der Waals surface area contributed by atoms with Gasteiger partial charge in [0, 0.05) is 5.69 Å². The second-order valence-electron chi connectivity index (χ2n) is 7.92. The molecular weight excluding hydrogens is 462 g/mol. The predicted molar refractivity (Wildman–Crippen MR) is 133 cm³/mol. The molecule has 3 aromatic rings. The van der Waals surface area contributed by atoms with Crippen LogP contribution in [0.5, 0.6) is 11.5 Å². The molecule has 1 atom stereocenters. The number of methoxy groups -OCH3 is 2. The standard InChI is InChI=1S/C28H23NO7/c1-35-22-14-12-18(16-23(22)36-2)25-24(21(30)13-11-17-7-4-3-5-8-17)26(31)27(32)29(25)20-10-6-9-19(15-20)28(33)34/h3-16,25,31H,1-2H3,(H,33,34)/t25-/m1/s1. The number of aliphatic hydroxyl groups is 1. The molecule has 1 aliphatic rings. The van der Waals surface area contributed by atoms with Crippen molar-refractivity contribution in [2.45, 2.75) is 6.04 Å². The van der Waals surface area contributed by atoms with Gasteiger partial charge in [-0.05, 0) is 47.5 Å². The van der Waals surface area contributed by atoms with Gasteiger partial charge in [-0.25, -0.2) is 4.79 Å². The van der Waals surface area contributed by atoms with Crippen molar-refractivity contribution in [3.8, 4) is 11.5 Å². The molecule has 2 N–H and O–H groups in total. The number of aliphatic hydroxyl groups excluding tert-OH is 1. The topological polar surface area (TPSA) is 113 Å². The summed E-state index contributed by atoms with van der Waals surface area (Å²) >= 11 is 0. The van der Waals surface area contributed by atoms with E-state index in [1.165, 1.54) is 43.4 Å². The van der Waals surface area contributed by atoms with E-state index in [0.29, 0.717) is 17.1 Å². The fourth-order valence-electron chi connectivity index (χ4n) is 4.08. The summed E-state index contributed by atoms with van der Waals surface area (Å²) in [5.74, 6) is -2.48. The predicted octanol–water partition coefficient (Wildman–Crippen LogP) is 4.58. The number of hydrogen-bond acceptors (Lipinski definition) is 6. The highest BCUT2D eigenvalue weighted by molar-refractivity contribution is 6.20. The summed E-state index contributed by atoms with van der Waals surface area (Å²) < 4.78 is 10.7. The smallest absolute Gasteiger partial charge is 0.335 e. The SMILES string of the molecule is COc1ccc([C@@H]2C(C(=O)C=Cc3ccccc3)=C(O)C(=O)N2c2cccc(C(=O)O)c2)cc1OC. The van der Waals surface area contributed by atoms with E-state index in [2.05, 4.69) is 0 Å². The highest BCUT2D eigenvalue weighted by Crippen LogP contribution is 2.43. The number of amides is 1. The van der Waals surface area contributed by atoms with Crippen LogP contribution in [0.2, 0.25) is 0 Å². The Morgan fingerprint density at radius 2 is 1.64 bits per heavy atom. The zero-order chi connectivity index (χ0) is 25.8. The summed E-state index contributed by atoms with van der Waals surface area (Å²) in [4.78, 5) is 39.4. The average Bonchev–Trinajstić information content (AvgIpc) is 3.17. The third-order valence-corrected chi connectivity index (χ3v) is 5.79. The number of ether oxygens (including phenoxy) is 2. The fraction of sp³-hybridized carbons (Fsp3) is 0.107. The molecule has 0 aliphatic carbocycles. The van der Waals surface area contributed by atoms with Gasteiger partial charge in [-0.1, -0.05) is 48.5 Å². The fourth-order valence-corrected chi connectivity index (χ4v) is 4.08. The van der Waals surface area contributed by atoms with Crippen LogP contribution in [0.25, 0.3) is 6.08 Å². The molecule has 0 aromatic heterocycles. The molecule has 0 bridgehead atoms. The number of allylic oxidation sites excluding steroid dienone is 1.